The zero-order valence-electron chi connectivity index (χ0n) is 10.6. The Balaban J connectivity index is 2.04. The van der Waals surface area contributed by atoms with E-state index in [2.05, 4.69) is 20.9 Å². The largest absolute Gasteiger partial charge is 0.477 e. The Hall–Kier alpha value is -1.88. The molecule has 2 aromatic rings. The molecule has 0 saturated carbocycles. The van der Waals surface area contributed by atoms with Gasteiger partial charge < -0.3 is 9.84 Å². The number of benzene rings is 1. The predicted octanol–water partition coefficient (Wildman–Crippen LogP) is 3.82. The second-order valence-electron chi connectivity index (χ2n) is 4.64. The number of rotatable bonds is 3. The van der Waals surface area contributed by atoms with Gasteiger partial charge in [-0.05, 0) is 59.0 Å². The lowest BCUT2D eigenvalue weighted by Gasteiger charge is -2.11. The second-order valence-corrected chi connectivity index (χ2v) is 5.49. The number of fused-ring (bicyclic) bond motifs is 1. The number of aromatic nitrogens is 1. The van der Waals surface area contributed by atoms with Crippen molar-refractivity contribution in [2.24, 2.45) is 0 Å². The van der Waals surface area contributed by atoms with Gasteiger partial charge >= 0.3 is 5.97 Å². The zero-order chi connectivity index (χ0) is 14.1. The van der Waals surface area contributed by atoms with E-state index >= 15 is 0 Å². The van der Waals surface area contributed by atoms with Gasteiger partial charge in [-0.1, -0.05) is 12.1 Å². The van der Waals surface area contributed by atoms with E-state index in [-0.39, 0.29) is 11.4 Å². The van der Waals surface area contributed by atoms with Crippen molar-refractivity contribution < 1.29 is 14.6 Å². The molecule has 0 radical (unpaired) electrons. The van der Waals surface area contributed by atoms with Crippen molar-refractivity contribution >= 4 is 21.9 Å². The van der Waals surface area contributed by atoms with Crippen LogP contribution in [0.4, 0.5) is 0 Å². The lowest BCUT2D eigenvalue weighted by atomic mass is 10.1. The number of hydrogen-bond donors (Lipinski definition) is 1. The summed E-state index contributed by atoms with van der Waals surface area (Å²) in [6.45, 7) is 0. The Morgan fingerprint density at radius 1 is 1.30 bits per heavy atom. The van der Waals surface area contributed by atoms with Crippen LogP contribution in [0.1, 0.15) is 28.0 Å². The summed E-state index contributed by atoms with van der Waals surface area (Å²) in [7, 11) is 0. The van der Waals surface area contributed by atoms with Crippen LogP contribution < -0.4 is 4.74 Å². The van der Waals surface area contributed by atoms with Crippen molar-refractivity contribution in [2.75, 3.05) is 0 Å². The zero-order valence-corrected chi connectivity index (χ0v) is 12.2. The van der Waals surface area contributed by atoms with Gasteiger partial charge in [-0.3, -0.25) is 0 Å². The summed E-state index contributed by atoms with van der Waals surface area (Å²) in [6.07, 6.45) is 2.78. The van der Waals surface area contributed by atoms with E-state index in [0.717, 1.165) is 35.0 Å². The molecule has 20 heavy (non-hydrogen) atoms. The molecule has 1 aromatic heterocycles. The van der Waals surface area contributed by atoms with E-state index < -0.39 is 5.97 Å². The average molecular weight is 334 g/mol. The van der Waals surface area contributed by atoms with E-state index in [0.29, 0.717) is 5.75 Å². The first-order chi connectivity index (χ1) is 9.65. The molecule has 1 aliphatic rings. The molecule has 1 heterocycles. The summed E-state index contributed by atoms with van der Waals surface area (Å²) < 4.78 is 6.45. The highest BCUT2D eigenvalue weighted by atomic mass is 79.9. The fourth-order valence-corrected chi connectivity index (χ4v) is 2.68. The first-order valence-corrected chi connectivity index (χ1v) is 7.13. The normalized spacial score (nSPS) is 13.1. The molecule has 0 bridgehead atoms. The monoisotopic (exact) mass is 333 g/mol. The van der Waals surface area contributed by atoms with Crippen LogP contribution in [0, 0.1) is 0 Å². The standard InChI is InChI=1S/C15H12BrNO3/c16-11-5-1-2-7-13(11)20-14-10(15(18)19)8-9-4-3-6-12(9)17-14/h1-2,5,7-8H,3-4,6H2,(H,18,19). The maximum Gasteiger partial charge on any atom is 0.341 e. The number of para-hydroxylation sites is 1. The van der Waals surface area contributed by atoms with Crippen molar-refractivity contribution in [1.29, 1.82) is 0 Å². The summed E-state index contributed by atoms with van der Waals surface area (Å²) in [4.78, 5) is 15.8. The van der Waals surface area contributed by atoms with Crippen molar-refractivity contribution in [3.8, 4) is 11.6 Å². The van der Waals surface area contributed by atoms with Crippen LogP contribution in [-0.2, 0) is 12.8 Å². The molecule has 1 N–H and O–H groups in total. The molecule has 1 aliphatic carbocycles. The molecule has 0 saturated heterocycles. The third-order valence-corrected chi connectivity index (χ3v) is 3.94. The average Bonchev–Trinajstić information content (AvgIpc) is 2.87. The molecule has 0 atom stereocenters. The summed E-state index contributed by atoms with van der Waals surface area (Å²) in [5.41, 5.74) is 2.07. The smallest absolute Gasteiger partial charge is 0.341 e. The molecule has 3 rings (SSSR count). The van der Waals surface area contributed by atoms with Crippen LogP contribution in [0.2, 0.25) is 0 Å². The number of carboxylic acid groups (broad SMARTS) is 1. The number of aromatic carboxylic acids is 1. The lowest BCUT2D eigenvalue weighted by Crippen LogP contribution is -2.05. The van der Waals surface area contributed by atoms with E-state index in [1.807, 2.05) is 18.2 Å². The van der Waals surface area contributed by atoms with Crippen LogP contribution in [0.3, 0.4) is 0 Å². The third kappa shape index (κ3) is 2.41. The highest BCUT2D eigenvalue weighted by Crippen LogP contribution is 2.32. The number of carboxylic acids is 1. The fourth-order valence-electron chi connectivity index (χ4n) is 2.32. The number of aryl methyl sites for hydroxylation is 2. The summed E-state index contributed by atoms with van der Waals surface area (Å²) in [6, 6.07) is 8.98. The molecular formula is C15H12BrNO3. The number of hydrogen-bond acceptors (Lipinski definition) is 3. The quantitative estimate of drug-likeness (QED) is 0.927. The van der Waals surface area contributed by atoms with Crippen molar-refractivity contribution in [3.63, 3.8) is 0 Å². The third-order valence-electron chi connectivity index (χ3n) is 3.29. The number of nitrogens with zero attached hydrogens (tertiary/aromatic N) is 1. The molecule has 4 nitrogen and oxygen atoms in total. The van der Waals surface area contributed by atoms with Gasteiger partial charge in [-0.15, -0.1) is 0 Å². The van der Waals surface area contributed by atoms with Gasteiger partial charge in [0, 0.05) is 5.69 Å². The minimum Gasteiger partial charge on any atom is -0.477 e. The first kappa shape index (κ1) is 13.1. The molecule has 0 spiro atoms. The summed E-state index contributed by atoms with van der Waals surface area (Å²) in [5, 5.41) is 9.31. The number of carbonyl (C=O) groups is 1. The van der Waals surface area contributed by atoms with Gasteiger partial charge in [0.2, 0.25) is 5.88 Å². The lowest BCUT2D eigenvalue weighted by molar-refractivity contribution is 0.0693. The Morgan fingerprint density at radius 3 is 2.85 bits per heavy atom. The van der Waals surface area contributed by atoms with Gasteiger partial charge in [0.05, 0.1) is 4.47 Å². The van der Waals surface area contributed by atoms with Crippen LogP contribution in [0.5, 0.6) is 11.6 Å². The first-order valence-electron chi connectivity index (χ1n) is 6.33. The minimum absolute atomic E-state index is 0.112. The molecule has 0 unspecified atom stereocenters. The molecular weight excluding hydrogens is 322 g/mol. The SMILES string of the molecule is O=C(O)c1cc2c(nc1Oc1ccccc1Br)CCC2. The number of pyridine rings is 1. The van der Waals surface area contributed by atoms with Gasteiger partial charge in [-0.2, -0.15) is 0 Å². The van der Waals surface area contributed by atoms with Crippen LogP contribution in [-0.4, -0.2) is 16.1 Å². The van der Waals surface area contributed by atoms with Crippen molar-refractivity contribution in [3.05, 3.63) is 51.6 Å². The highest BCUT2D eigenvalue weighted by molar-refractivity contribution is 9.10. The molecule has 1 aromatic carbocycles. The van der Waals surface area contributed by atoms with Gasteiger partial charge in [-0.25, -0.2) is 9.78 Å². The highest BCUT2D eigenvalue weighted by Gasteiger charge is 2.21. The Labute approximate surface area is 124 Å². The molecule has 0 amide bonds. The van der Waals surface area contributed by atoms with Crippen LogP contribution in [0.25, 0.3) is 0 Å². The summed E-state index contributed by atoms with van der Waals surface area (Å²) in [5.74, 6) is -0.306. The van der Waals surface area contributed by atoms with Gasteiger partial charge in [0.25, 0.3) is 0 Å². The van der Waals surface area contributed by atoms with E-state index in [9.17, 15) is 9.90 Å². The maximum atomic E-state index is 11.4. The molecule has 102 valence electrons. The minimum atomic E-state index is -1.02. The van der Waals surface area contributed by atoms with Gasteiger partial charge in [0.1, 0.15) is 11.3 Å². The summed E-state index contributed by atoms with van der Waals surface area (Å²) >= 11 is 3.38. The van der Waals surface area contributed by atoms with E-state index in [1.165, 1.54) is 0 Å². The fraction of sp³-hybridized carbons (Fsp3) is 0.200. The Bertz CT molecular complexity index is 685. The molecule has 0 fully saturated rings. The van der Waals surface area contributed by atoms with Crippen molar-refractivity contribution in [1.82, 2.24) is 4.98 Å². The van der Waals surface area contributed by atoms with Crippen molar-refractivity contribution in [2.45, 2.75) is 19.3 Å². The van der Waals surface area contributed by atoms with Gasteiger partial charge in [0.15, 0.2) is 0 Å². The van der Waals surface area contributed by atoms with E-state index in [1.54, 1.807) is 12.1 Å². The topological polar surface area (TPSA) is 59.4 Å². The predicted molar refractivity (Wildman–Crippen MR) is 77.4 cm³/mol. The van der Waals surface area contributed by atoms with Crippen LogP contribution in [0.15, 0.2) is 34.8 Å². The Kier molecular flexibility index (Phi) is 3.44. The Morgan fingerprint density at radius 2 is 2.10 bits per heavy atom. The molecule has 5 heteroatoms. The maximum absolute atomic E-state index is 11.4. The molecule has 0 aliphatic heterocycles. The number of ether oxygens (including phenoxy) is 1. The van der Waals surface area contributed by atoms with Crippen LogP contribution >= 0.6 is 15.9 Å². The van der Waals surface area contributed by atoms with E-state index in [4.69, 9.17) is 4.74 Å². The second kappa shape index (κ2) is 5.25. The number of halogens is 1.